The molecule has 11 heteroatoms. The molecular formula is C35H37ClN4O5S. The Kier molecular flexibility index (Phi) is 9.58. The van der Waals surface area contributed by atoms with E-state index in [1.54, 1.807) is 23.8 Å². The Balaban J connectivity index is 1.62. The maximum atomic E-state index is 14.1. The van der Waals surface area contributed by atoms with Crippen LogP contribution in [0, 0.1) is 13.8 Å². The van der Waals surface area contributed by atoms with Gasteiger partial charge < -0.3 is 19.5 Å². The van der Waals surface area contributed by atoms with E-state index in [1.165, 1.54) is 11.8 Å². The monoisotopic (exact) mass is 660 g/mol. The van der Waals surface area contributed by atoms with E-state index < -0.39 is 5.25 Å². The van der Waals surface area contributed by atoms with Gasteiger partial charge in [-0.05, 0) is 62.1 Å². The molecule has 1 fully saturated rings. The molecule has 2 atom stereocenters. The quantitative estimate of drug-likeness (QED) is 0.225. The highest BCUT2D eigenvalue weighted by atomic mass is 35.5. The SMILES string of the molecule is COc1cccc(OC)c1-c1nn(-c2ccc(C)cc2C)c2c1[C@H](c1ccccc1Cl)SCC(=O)N2CC(=O)NC[C@H]1CCCO1. The lowest BCUT2D eigenvalue weighted by Gasteiger charge is -2.24. The molecule has 1 N–H and O–H groups in total. The smallest absolute Gasteiger partial charge is 0.240 e. The number of hydrogen-bond donors (Lipinski definition) is 1. The van der Waals surface area contributed by atoms with Gasteiger partial charge in [0.05, 0.1) is 42.6 Å². The predicted octanol–water partition coefficient (Wildman–Crippen LogP) is 6.29. The summed E-state index contributed by atoms with van der Waals surface area (Å²) in [5, 5.41) is 8.40. The molecule has 2 amide bonds. The summed E-state index contributed by atoms with van der Waals surface area (Å²) in [5.74, 6) is 1.26. The van der Waals surface area contributed by atoms with E-state index in [1.807, 2.05) is 68.4 Å². The lowest BCUT2D eigenvalue weighted by Crippen LogP contribution is -2.44. The second-order valence-electron chi connectivity index (χ2n) is 11.5. The van der Waals surface area contributed by atoms with Crippen LogP contribution in [0.15, 0.2) is 60.7 Å². The molecule has 1 saturated heterocycles. The number of carbonyl (C=O) groups excluding carboxylic acids is 2. The topological polar surface area (TPSA) is 94.9 Å². The minimum absolute atomic E-state index is 0.0233. The average molecular weight is 661 g/mol. The van der Waals surface area contributed by atoms with E-state index in [2.05, 4.69) is 11.4 Å². The molecule has 0 unspecified atom stereocenters. The number of methoxy groups -OCH3 is 2. The number of anilines is 1. The van der Waals surface area contributed by atoms with Crippen molar-refractivity contribution in [3.63, 3.8) is 0 Å². The van der Waals surface area contributed by atoms with Crippen molar-refractivity contribution in [1.29, 1.82) is 0 Å². The number of rotatable bonds is 9. The molecule has 9 nitrogen and oxygen atoms in total. The number of thioether (sulfide) groups is 1. The highest BCUT2D eigenvalue weighted by Gasteiger charge is 2.40. The number of aromatic nitrogens is 2. The third-order valence-corrected chi connectivity index (χ3v) is 9.96. The molecule has 0 bridgehead atoms. The predicted molar refractivity (Wildman–Crippen MR) is 182 cm³/mol. The number of aryl methyl sites for hydroxylation is 2. The first kappa shape index (κ1) is 32.0. The maximum absolute atomic E-state index is 14.1. The summed E-state index contributed by atoms with van der Waals surface area (Å²) in [6.07, 6.45) is 1.84. The highest BCUT2D eigenvalue weighted by Crippen LogP contribution is 2.52. The van der Waals surface area contributed by atoms with Crippen LogP contribution >= 0.6 is 23.4 Å². The first-order valence-corrected chi connectivity index (χ1v) is 16.7. The Labute approximate surface area is 278 Å². The fourth-order valence-corrected chi connectivity index (χ4v) is 7.71. The van der Waals surface area contributed by atoms with E-state index >= 15 is 0 Å². The number of halogens is 1. The number of nitrogens with one attached hydrogen (secondary N) is 1. The first-order valence-electron chi connectivity index (χ1n) is 15.3. The minimum Gasteiger partial charge on any atom is -0.496 e. The van der Waals surface area contributed by atoms with Crippen LogP contribution in [0.5, 0.6) is 11.5 Å². The third kappa shape index (κ3) is 6.21. The lowest BCUT2D eigenvalue weighted by molar-refractivity contribution is -0.123. The van der Waals surface area contributed by atoms with Crippen molar-refractivity contribution < 1.29 is 23.8 Å². The first-order chi connectivity index (χ1) is 22.3. The van der Waals surface area contributed by atoms with Gasteiger partial charge in [-0.1, -0.05) is 53.6 Å². The molecule has 0 aliphatic carbocycles. The summed E-state index contributed by atoms with van der Waals surface area (Å²) in [6, 6.07) is 19.3. The van der Waals surface area contributed by atoms with Gasteiger partial charge in [-0.25, -0.2) is 4.68 Å². The van der Waals surface area contributed by atoms with Crippen molar-refractivity contribution in [3.8, 4) is 28.4 Å². The summed E-state index contributed by atoms with van der Waals surface area (Å²) >= 11 is 8.31. The third-order valence-electron chi connectivity index (χ3n) is 8.37. The number of nitrogens with zero attached hydrogens (tertiary/aromatic N) is 3. The van der Waals surface area contributed by atoms with Crippen LogP contribution in [0.3, 0.4) is 0 Å². The van der Waals surface area contributed by atoms with E-state index in [0.717, 1.165) is 40.8 Å². The number of hydrogen-bond acceptors (Lipinski definition) is 7. The molecule has 0 spiro atoms. The number of amides is 2. The molecule has 3 heterocycles. The van der Waals surface area contributed by atoms with Crippen LogP contribution in [0.25, 0.3) is 16.9 Å². The van der Waals surface area contributed by atoms with Gasteiger partial charge in [0.1, 0.15) is 29.6 Å². The van der Waals surface area contributed by atoms with Crippen LogP contribution in [0.1, 0.15) is 40.3 Å². The van der Waals surface area contributed by atoms with E-state index in [0.29, 0.717) is 46.7 Å². The lowest BCUT2D eigenvalue weighted by atomic mass is 9.98. The zero-order valence-corrected chi connectivity index (χ0v) is 27.9. The van der Waals surface area contributed by atoms with E-state index in [-0.39, 0.29) is 30.2 Å². The molecule has 6 rings (SSSR count). The fourth-order valence-electron chi connectivity index (χ4n) is 6.17. The van der Waals surface area contributed by atoms with Crippen molar-refractivity contribution in [3.05, 3.63) is 87.9 Å². The molecule has 46 heavy (non-hydrogen) atoms. The molecular weight excluding hydrogens is 624 g/mol. The van der Waals surface area contributed by atoms with Gasteiger partial charge >= 0.3 is 0 Å². The van der Waals surface area contributed by atoms with Crippen LogP contribution in [-0.2, 0) is 14.3 Å². The largest absolute Gasteiger partial charge is 0.496 e. The summed E-state index contributed by atoms with van der Waals surface area (Å²) in [6.45, 7) is 4.94. The highest BCUT2D eigenvalue weighted by molar-refractivity contribution is 8.00. The van der Waals surface area contributed by atoms with Gasteiger partial charge in [0.2, 0.25) is 11.8 Å². The number of ether oxygens (including phenoxy) is 3. The summed E-state index contributed by atoms with van der Waals surface area (Å²) in [4.78, 5) is 29.2. The summed E-state index contributed by atoms with van der Waals surface area (Å²) < 4.78 is 19.2. The standard InChI is InChI=1S/C35H37ClN4O5S/c1-21-14-15-26(22(2)17-21)40-35-32(33(38-40)31-27(43-3)12-7-13-28(31)44-4)34(24-10-5-6-11-25(24)36)46-20-30(42)39(35)19-29(41)37-18-23-9-8-16-45-23/h5-7,10-15,17,23,34H,8-9,16,18-20H2,1-4H3,(H,37,41)/t23-,34+/m1/s1. The molecule has 1 aromatic heterocycles. The van der Waals surface area contributed by atoms with Crippen molar-refractivity contribution in [1.82, 2.24) is 15.1 Å². The zero-order valence-electron chi connectivity index (χ0n) is 26.3. The van der Waals surface area contributed by atoms with Gasteiger partial charge in [-0.2, -0.15) is 5.10 Å². The van der Waals surface area contributed by atoms with Crippen LogP contribution < -0.4 is 19.7 Å². The number of benzene rings is 3. The molecule has 2 aliphatic heterocycles. The Hall–Kier alpha value is -3.99. The molecule has 4 aromatic rings. The van der Waals surface area contributed by atoms with Gasteiger partial charge in [-0.15, -0.1) is 11.8 Å². The Morgan fingerprint density at radius 3 is 2.52 bits per heavy atom. The normalized spacial score (nSPS) is 17.8. The molecule has 0 saturated carbocycles. The summed E-state index contributed by atoms with van der Waals surface area (Å²) in [7, 11) is 3.21. The van der Waals surface area contributed by atoms with Gasteiger partial charge in [0.15, 0.2) is 0 Å². The number of carbonyl (C=O) groups is 2. The summed E-state index contributed by atoms with van der Waals surface area (Å²) in [5.41, 5.74) is 5.62. The minimum atomic E-state index is -0.406. The molecule has 0 radical (unpaired) electrons. The van der Waals surface area contributed by atoms with Gasteiger partial charge in [0.25, 0.3) is 0 Å². The van der Waals surface area contributed by atoms with E-state index in [4.69, 9.17) is 30.9 Å². The van der Waals surface area contributed by atoms with Crippen LogP contribution in [0.2, 0.25) is 5.02 Å². The average Bonchev–Trinajstić information content (AvgIpc) is 3.68. The van der Waals surface area contributed by atoms with Crippen LogP contribution in [0.4, 0.5) is 5.82 Å². The van der Waals surface area contributed by atoms with Gasteiger partial charge in [0, 0.05) is 23.7 Å². The second-order valence-corrected chi connectivity index (χ2v) is 13.0. The van der Waals surface area contributed by atoms with Crippen molar-refractivity contribution >= 4 is 41.0 Å². The fraction of sp³-hybridized carbons (Fsp3) is 0.343. The Bertz CT molecular complexity index is 1750. The molecule has 240 valence electrons. The van der Waals surface area contributed by atoms with Crippen molar-refractivity contribution in [2.24, 2.45) is 0 Å². The molecule has 3 aromatic carbocycles. The second kappa shape index (κ2) is 13.8. The van der Waals surface area contributed by atoms with Crippen molar-refractivity contribution in [2.75, 3.05) is 44.6 Å². The Morgan fingerprint density at radius 1 is 1.09 bits per heavy atom. The molecule has 2 aliphatic rings. The van der Waals surface area contributed by atoms with Gasteiger partial charge in [-0.3, -0.25) is 14.5 Å². The van der Waals surface area contributed by atoms with E-state index in [9.17, 15) is 9.59 Å². The van der Waals surface area contributed by atoms with Crippen molar-refractivity contribution in [2.45, 2.75) is 38.0 Å². The Morgan fingerprint density at radius 2 is 1.85 bits per heavy atom. The number of fused-ring (bicyclic) bond motifs is 1. The maximum Gasteiger partial charge on any atom is 0.240 e. The zero-order chi connectivity index (χ0) is 32.4. The van der Waals surface area contributed by atoms with Crippen LogP contribution in [-0.4, -0.2) is 67.4 Å².